The molecule has 1 aliphatic carbocycles. The summed E-state index contributed by atoms with van der Waals surface area (Å²) in [5.74, 6) is 1.60. The minimum atomic E-state index is -0.00246. The third kappa shape index (κ3) is 5.23. The Bertz CT molecular complexity index is 806. The normalized spacial score (nSPS) is 18.7. The summed E-state index contributed by atoms with van der Waals surface area (Å²) in [5, 5.41) is 11.0. The molecule has 0 unspecified atom stereocenters. The van der Waals surface area contributed by atoms with Gasteiger partial charge in [-0.15, -0.1) is 0 Å². The standard InChI is InChI=1S/C21H28N4O3S/c26-18(6-7-19-23-20(24-28-19)16-10-13-29-14-16)22-17-8-11-25(12-9-17)21(27)15-4-2-1-3-5-15/h10,13-15,17H,1-9,11-12H2,(H,22,26). The highest BCUT2D eigenvalue weighted by atomic mass is 32.1. The molecule has 1 aliphatic heterocycles. The molecule has 1 saturated carbocycles. The van der Waals surface area contributed by atoms with Gasteiger partial charge < -0.3 is 14.7 Å². The van der Waals surface area contributed by atoms with Gasteiger partial charge in [-0.05, 0) is 37.1 Å². The number of piperidine rings is 1. The van der Waals surface area contributed by atoms with Crippen LogP contribution >= 0.6 is 11.3 Å². The molecule has 1 N–H and O–H groups in total. The molecule has 1 saturated heterocycles. The van der Waals surface area contributed by atoms with E-state index in [4.69, 9.17) is 4.52 Å². The van der Waals surface area contributed by atoms with Crippen molar-refractivity contribution in [1.29, 1.82) is 0 Å². The van der Waals surface area contributed by atoms with Crippen molar-refractivity contribution < 1.29 is 14.1 Å². The first-order valence-corrected chi connectivity index (χ1v) is 11.6. The lowest BCUT2D eigenvalue weighted by Gasteiger charge is -2.35. The second-order valence-electron chi connectivity index (χ2n) is 8.03. The third-order valence-corrected chi connectivity index (χ3v) is 6.62. The van der Waals surface area contributed by atoms with Gasteiger partial charge in [0.15, 0.2) is 0 Å². The summed E-state index contributed by atoms with van der Waals surface area (Å²) in [6, 6.07) is 2.08. The van der Waals surface area contributed by atoms with Crippen molar-refractivity contribution in [2.24, 2.45) is 5.92 Å². The molecule has 2 aromatic rings. The summed E-state index contributed by atoms with van der Waals surface area (Å²) in [4.78, 5) is 31.3. The number of rotatable bonds is 6. The second-order valence-corrected chi connectivity index (χ2v) is 8.81. The van der Waals surface area contributed by atoms with Crippen molar-refractivity contribution in [1.82, 2.24) is 20.4 Å². The van der Waals surface area contributed by atoms with Crippen LogP contribution in [0.3, 0.4) is 0 Å². The number of hydrogen-bond acceptors (Lipinski definition) is 6. The quantitative estimate of drug-likeness (QED) is 0.779. The van der Waals surface area contributed by atoms with Crippen molar-refractivity contribution in [3.05, 3.63) is 22.7 Å². The number of nitrogens with zero attached hydrogens (tertiary/aromatic N) is 3. The Morgan fingerprint density at radius 2 is 1.97 bits per heavy atom. The van der Waals surface area contributed by atoms with Crippen molar-refractivity contribution in [2.75, 3.05) is 13.1 Å². The third-order valence-electron chi connectivity index (χ3n) is 5.94. The van der Waals surface area contributed by atoms with E-state index in [-0.39, 0.29) is 17.9 Å². The zero-order valence-corrected chi connectivity index (χ0v) is 17.5. The Kier molecular flexibility index (Phi) is 6.59. The van der Waals surface area contributed by atoms with Gasteiger partial charge >= 0.3 is 0 Å². The SMILES string of the molecule is O=C(CCc1nc(-c2ccsc2)no1)NC1CCN(C(=O)C2CCCCC2)CC1. The van der Waals surface area contributed by atoms with Gasteiger partial charge in [0, 0.05) is 48.8 Å². The number of aryl methyl sites for hydroxylation is 1. The van der Waals surface area contributed by atoms with E-state index in [2.05, 4.69) is 15.5 Å². The van der Waals surface area contributed by atoms with Gasteiger partial charge in [-0.25, -0.2) is 0 Å². The van der Waals surface area contributed by atoms with E-state index < -0.39 is 0 Å². The lowest BCUT2D eigenvalue weighted by atomic mass is 9.87. The molecule has 156 valence electrons. The number of hydrogen-bond donors (Lipinski definition) is 1. The lowest BCUT2D eigenvalue weighted by molar-refractivity contribution is -0.137. The smallest absolute Gasteiger partial charge is 0.227 e. The van der Waals surface area contributed by atoms with Crippen molar-refractivity contribution >= 4 is 23.2 Å². The van der Waals surface area contributed by atoms with E-state index in [1.165, 1.54) is 19.3 Å². The molecule has 0 aromatic carbocycles. The molecule has 2 fully saturated rings. The van der Waals surface area contributed by atoms with Crippen molar-refractivity contribution in [3.8, 4) is 11.4 Å². The molecule has 2 aromatic heterocycles. The number of aromatic nitrogens is 2. The van der Waals surface area contributed by atoms with E-state index in [9.17, 15) is 9.59 Å². The van der Waals surface area contributed by atoms with E-state index >= 15 is 0 Å². The maximum absolute atomic E-state index is 12.6. The van der Waals surface area contributed by atoms with Crippen LogP contribution in [0, 0.1) is 5.92 Å². The van der Waals surface area contributed by atoms with Crippen LogP contribution in [0.4, 0.5) is 0 Å². The zero-order valence-electron chi connectivity index (χ0n) is 16.6. The molecular formula is C21H28N4O3S. The van der Waals surface area contributed by atoms with Crippen LogP contribution in [-0.4, -0.2) is 46.0 Å². The molecule has 0 radical (unpaired) electrons. The Labute approximate surface area is 174 Å². The molecule has 8 heteroatoms. The molecular weight excluding hydrogens is 388 g/mol. The van der Waals surface area contributed by atoms with Crippen LogP contribution in [0.5, 0.6) is 0 Å². The number of carbonyl (C=O) groups excluding carboxylic acids is 2. The first-order valence-electron chi connectivity index (χ1n) is 10.6. The van der Waals surface area contributed by atoms with Gasteiger partial charge in [-0.1, -0.05) is 24.4 Å². The maximum atomic E-state index is 12.6. The minimum absolute atomic E-state index is 0.00246. The molecule has 29 heavy (non-hydrogen) atoms. The molecule has 3 heterocycles. The Morgan fingerprint density at radius 3 is 2.69 bits per heavy atom. The van der Waals surface area contributed by atoms with Crippen molar-refractivity contribution in [2.45, 2.75) is 63.8 Å². The van der Waals surface area contributed by atoms with Gasteiger partial charge in [0.2, 0.25) is 23.5 Å². The van der Waals surface area contributed by atoms with Gasteiger partial charge in [0.1, 0.15) is 0 Å². The monoisotopic (exact) mass is 416 g/mol. The lowest BCUT2D eigenvalue weighted by Crippen LogP contribution is -2.48. The van der Waals surface area contributed by atoms with Crippen LogP contribution in [-0.2, 0) is 16.0 Å². The average Bonchev–Trinajstić information content (AvgIpc) is 3.45. The zero-order chi connectivity index (χ0) is 20.1. The summed E-state index contributed by atoms with van der Waals surface area (Å²) < 4.78 is 5.25. The van der Waals surface area contributed by atoms with E-state index in [0.29, 0.717) is 30.5 Å². The highest BCUT2D eigenvalue weighted by Gasteiger charge is 2.29. The first-order chi connectivity index (χ1) is 14.2. The number of thiophene rings is 1. The molecule has 4 rings (SSSR count). The fourth-order valence-electron chi connectivity index (χ4n) is 4.24. The van der Waals surface area contributed by atoms with Crippen LogP contribution < -0.4 is 5.32 Å². The predicted molar refractivity (Wildman–Crippen MR) is 110 cm³/mol. The number of carbonyl (C=O) groups is 2. The largest absolute Gasteiger partial charge is 0.353 e. The average molecular weight is 417 g/mol. The number of nitrogens with one attached hydrogen (secondary N) is 1. The molecule has 2 amide bonds. The number of amides is 2. The molecule has 2 aliphatic rings. The van der Waals surface area contributed by atoms with E-state index in [1.807, 2.05) is 21.7 Å². The molecule has 0 atom stereocenters. The predicted octanol–water partition coefficient (Wildman–Crippen LogP) is 3.42. The second kappa shape index (κ2) is 9.52. The van der Waals surface area contributed by atoms with Crippen LogP contribution in [0.15, 0.2) is 21.3 Å². The highest BCUT2D eigenvalue weighted by molar-refractivity contribution is 7.08. The Morgan fingerprint density at radius 1 is 1.17 bits per heavy atom. The maximum Gasteiger partial charge on any atom is 0.227 e. The van der Waals surface area contributed by atoms with Gasteiger partial charge in [0.25, 0.3) is 0 Å². The molecule has 7 nitrogen and oxygen atoms in total. The number of likely N-dealkylation sites (tertiary alicyclic amines) is 1. The van der Waals surface area contributed by atoms with Crippen LogP contribution in [0.25, 0.3) is 11.4 Å². The fourth-order valence-corrected chi connectivity index (χ4v) is 4.87. The van der Waals surface area contributed by atoms with E-state index in [0.717, 1.165) is 44.3 Å². The molecule has 0 spiro atoms. The molecule has 0 bridgehead atoms. The summed E-state index contributed by atoms with van der Waals surface area (Å²) in [5.41, 5.74) is 0.934. The first kappa shape index (κ1) is 20.1. The van der Waals surface area contributed by atoms with E-state index in [1.54, 1.807) is 11.3 Å². The summed E-state index contributed by atoms with van der Waals surface area (Å²) in [6.45, 7) is 1.49. The van der Waals surface area contributed by atoms with Crippen LogP contribution in [0.1, 0.15) is 57.3 Å². The topological polar surface area (TPSA) is 88.3 Å². The Hall–Kier alpha value is -2.22. The van der Waals surface area contributed by atoms with Gasteiger partial charge in [-0.2, -0.15) is 16.3 Å². The van der Waals surface area contributed by atoms with Crippen LogP contribution in [0.2, 0.25) is 0 Å². The summed E-state index contributed by atoms with van der Waals surface area (Å²) >= 11 is 1.58. The van der Waals surface area contributed by atoms with Gasteiger partial charge in [0.05, 0.1) is 0 Å². The Balaban J connectivity index is 1.18. The minimum Gasteiger partial charge on any atom is -0.353 e. The fraction of sp³-hybridized carbons (Fsp3) is 0.619. The summed E-state index contributed by atoms with van der Waals surface area (Å²) in [6.07, 6.45) is 8.11. The van der Waals surface area contributed by atoms with Gasteiger partial charge in [-0.3, -0.25) is 9.59 Å². The van der Waals surface area contributed by atoms with Crippen molar-refractivity contribution in [3.63, 3.8) is 0 Å². The highest BCUT2D eigenvalue weighted by Crippen LogP contribution is 2.26. The summed E-state index contributed by atoms with van der Waals surface area (Å²) in [7, 11) is 0.